The number of para-hydroxylation sites is 5. The molecule has 9 aromatic carbocycles. The topological polar surface area (TPSA) is 108 Å². The van der Waals surface area contributed by atoms with E-state index in [1.165, 1.54) is 105 Å². The Hall–Kier alpha value is -11.8. The molecule has 0 spiro atoms. The predicted octanol–water partition coefficient (Wildman–Crippen LogP) is 48.1. The van der Waals surface area contributed by atoms with Crippen LogP contribution >= 0.6 is 56.9 Å². The number of benzene rings is 9. The van der Waals surface area contributed by atoms with Crippen molar-refractivity contribution in [3.63, 3.8) is 0 Å². The third-order valence-electron chi connectivity index (χ3n) is 16.5. The van der Waals surface area contributed by atoms with Crippen molar-refractivity contribution < 1.29 is 4.42 Å². The number of fused-ring (bicyclic) bond motifs is 7. The largest absolute Gasteiger partial charge is 0.464 e. The highest BCUT2D eigenvalue weighted by Gasteiger charge is 2.07. The highest BCUT2D eigenvalue weighted by atomic mass is 32.1. The first-order valence-corrected chi connectivity index (χ1v) is 53.0. The van der Waals surface area contributed by atoms with Gasteiger partial charge in [0.2, 0.25) is 0 Å². The average molecular weight is 2100 g/mol. The normalized spacial score (nSPS) is 8.12. The fraction of sp³-hybridized carbons (Fsp3) is 0.361. The first kappa shape index (κ1) is 169. The predicted molar refractivity (Wildman–Crippen MR) is 697 cm³/mol. The lowest BCUT2D eigenvalue weighted by molar-refractivity contribution is 0.613. The summed E-state index contributed by atoms with van der Waals surface area (Å²) in [4.78, 5) is 30.0. The lowest BCUT2D eigenvalue weighted by atomic mass is 10.1. The summed E-state index contributed by atoms with van der Waals surface area (Å²) in [6, 6.07) is 103. The van der Waals surface area contributed by atoms with Crippen molar-refractivity contribution in [1.29, 1.82) is 0 Å². The maximum atomic E-state index is 5.25. The van der Waals surface area contributed by atoms with Crippen LogP contribution in [0.3, 0.4) is 0 Å². The Morgan fingerprint density at radius 3 is 1.14 bits per heavy atom. The molecule has 11 heterocycles. The van der Waals surface area contributed by atoms with Crippen molar-refractivity contribution in [2.45, 2.75) is 338 Å². The molecule has 0 saturated carbocycles. The van der Waals surface area contributed by atoms with Crippen molar-refractivity contribution in [1.82, 2.24) is 38.8 Å². The van der Waals surface area contributed by atoms with Gasteiger partial charge in [-0.15, -0.1) is 45.3 Å². The van der Waals surface area contributed by atoms with E-state index < -0.39 is 0 Å². The van der Waals surface area contributed by atoms with Gasteiger partial charge in [0.1, 0.15) is 11.4 Å². The molecule has 820 valence electrons. The molecule has 11 aromatic heterocycles. The number of thiophene rings is 3. The second kappa shape index (κ2) is 113. The second-order valence-electron chi connectivity index (χ2n) is 26.0. The van der Waals surface area contributed by atoms with Crippen molar-refractivity contribution in [3.8, 4) is 5.69 Å². The molecule has 0 aliphatic heterocycles. The quantitative estimate of drug-likeness (QED) is 0.160. The monoisotopic (exact) mass is 2100 g/mol. The van der Waals surface area contributed by atoms with Gasteiger partial charge in [-0.2, -0.15) is 4.37 Å². The van der Waals surface area contributed by atoms with E-state index in [0.717, 1.165) is 44.5 Å². The molecule has 0 fully saturated rings. The van der Waals surface area contributed by atoms with Gasteiger partial charge in [0.05, 0.1) is 42.9 Å². The molecular formula is C133H212N8OS5. The Bertz CT molecular complexity index is 5610. The zero-order valence-corrected chi connectivity index (χ0v) is 94.0. The van der Waals surface area contributed by atoms with Crippen LogP contribution in [0.5, 0.6) is 0 Å². The molecular weight excluding hydrogens is 1890 g/mol. The number of hydrogen-bond acceptors (Lipinski definition) is 13. The molecule has 14 heteroatoms. The minimum atomic E-state index is 0. The molecule has 0 unspecified atom stereocenters. The number of nitrogens with zero attached hydrogens (tertiary/aromatic N) is 8. The van der Waals surface area contributed by atoms with E-state index in [-0.39, 0.29) is 81.7 Å². The number of hydrogen-bond donors (Lipinski definition) is 0. The molecule has 0 amide bonds. The van der Waals surface area contributed by atoms with Gasteiger partial charge in [0.25, 0.3) is 0 Å². The second-order valence-corrected chi connectivity index (χ2v) is 31.9. The van der Waals surface area contributed by atoms with Crippen molar-refractivity contribution in [2.24, 2.45) is 0 Å². The Balaban J connectivity index is -0.0000000975. The van der Waals surface area contributed by atoms with E-state index in [4.69, 9.17) is 4.42 Å². The van der Waals surface area contributed by atoms with Crippen LogP contribution in [0, 0.1) is 90.0 Å². The minimum absolute atomic E-state index is 0. The fourth-order valence-corrected chi connectivity index (χ4v) is 15.2. The number of thiazole rings is 1. The summed E-state index contributed by atoms with van der Waals surface area (Å²) in [6.07, 6.45) is 10.6. The summed E-state index contributed by atoms with van der Waals surface area (Å²) in [5.74, 6) is 0.822. The Kier molecular flexibility index (Phi) is 130. The Morgan fingerprint density at radius 1 is 0.279 bits per heavy atom. The number of aryl methyl sites for hydroxylation is 13. The molecule has 0 saturated heterocycles. The first-order valence-electron chi connectivity index (χ1n) is 48.9. The van der Waals surface area contributed by atoms with E-state index in [2.05, 4.69) is 263 Å². The first-order chi connectivity index (χ1) is 66.4. The summed E-state index contributed by atoms with van der Waals surface area (Å²) < 4.78 is 15.7. The lowest BCUT2D eigenvalue weighted by Crippen LogP contribution is -1.94. The van der Waals surface area contributed by atoms with Crippen LogP contribution in [-0.2, 0) is 0 Å². The van der Waals surface area contributed by atoms with E-state index >= 15 is 0 Å². The maximum Gasteiger partial charge on any atom is 0.134 e. The van der Waals surface area contributed by atoms with Gasteiger partial charge >= 0.3 is 0 Å². The zero-order valence-electron chi connectivity index (χ0n) is 89.9. The summed E-state index contributed by atoms with van der Waals surface area (Å²) in [5.41, 5.74) is 14.1. The van der Waals surface area contributed by atoms with Crippen LogP contribution in [0.25, 0.3) is 79.6 Å². The Morgan fingerprint density at radius 2 is 0.714 bits per heavy atom. The summed E-state index contributed by atoms with van der Waals surface area (Å²) in [6.45, 7) is 74.8. The van der Waals surface area contributed by atoms with E-state index in [1.807, 2.05) is 364 Å². The molecule has 0 aliphatic carbocycles. The summed E-state index contributed by atoms with van der Waals surface area (Å²) in [5, 5.41) is 12.1. The molecule has 0 atom stereocenters. The SMILES string of the molecule is C.C.C.C.C.C.C.C.C.C.C.CC.CC.CC.CC.CC.CC.CC.CC.CC.CC.CC.CC.Cc1cc2ccccc2cn1.Cc1cc2ccccc2n1-c1ccccc1.Cc1cc2ccccc2s1.Cc1ccc(C)s1.Cc1ccc2ccccc2n1.Cc1ccccc1.Cc1coc2ccccc12.Cc1csc(C)c1.Cc1nc2ccccc2s1.Cc1ncccn1.Cc1nsc2ccccc12.c1ccncc1. The van der Waals surface area contributed by atoms with E-state index in [0.29, 0.717) is 0 Å². The highest BCUT2D eigenvalue weighted by molar-refractivity contribution is 7.19. The van der Waals surface area contributed by atoms with Gasteiger partial charge in [-0.1, -0.05) is 441 Å². The molecule has 20 rings (SSSR count). The van der Waals surface area contributed by atoms with E-state index in [1.54, 1.807) is 71.3 Å². The molecule has 0 radical (unpaired) electrons. The maximum absolute atomic E-state index is 5.25. The summed E-state index contributed by atoms with van der Waals surface area (Å²) >= 11 is 8.80. The number of aromatic nitrogens is 8. The van der Waals surface area contributed by atoms with Gasteiger partial charge in [-0.25, -0.2) is 15.0 Å². The van der Waals surface area contributed by atoms with Crippen LogP contribution in [0.1, 0.15) is 318 Å². The van der Waals surface area contributed by atoms with Crippen LogP contribution in [0.2, 0.25) is 0 Å². The van der Waals surface area contributed by atoms with Crippen LogP contribution in [-0.4, -0.2) is 38.8 Å². The van der Waals surface area contributed by atoms with Crippen molar-refractivity contribution >= 4 is 131 Å². The van der Waals surface area contributed by atoms with Crippen LogP contribution < -0.4 is 0 Å². The third-order valence-corrected chi connectivity index (χ3v) is 21.3. The number of rotatable bonds is 1. The van der Waals surface area contributed by atoms with Gasteiger partial charge in [0.15, 0.2) is 0 Å². The van der Waals surface area contributed by atoms with Crippen molar-refractivity contribution in [3.05, 3.63) is 416 Å². The molecule has 0 N–H and O–H groups in total. The molecule has 20 aromatic rings. The number of pyridine rings is 3. The number of furan rings is 1. The van der Waals surface area contributed by atoms with Crippen LogP contribution in [0.15, 0.2) is 350 Å². The summed E-state index contributed by atoms with van der Waals surface area (Å²) in [7, 11) is 0. The average Bonchev–Trinajstić information content (AvgIpc) is 1.64. The third kappa shape index (κ3) is 71.5. The van der Waals surface area contributed by atoms with Gasteiger partial charge in [-0.3, -0.25) is 15.0 Å². The van der Waals surface area contributed by atoms with Gasteiger partial charge in [-0.05, 0) is 244 Å². The van der Waals surface area contributed by atoms with Gasteiger partial charge in [0, 0.05) is 105 Å². The fourth-order valence-electron chi connectivity index (χ4n) is 11.2. The zero-order chi connectivity index (χ0) is 103. The molecule has 0 aliphatic rings. The van der Waals surface area contributed by atoms with Gasteiger partial charge < -0.3 is 8.98 Å². The standard InChI is InChI=1S/C15H13N.2C10H9N.C9H8O.C9H8S.2C8H7NS.C7H8.2C6H8S.C5H6N2.C5H5N.12C2H6.11CH4/c1-12-11-13-7-5-6-10-15(13)16(12)14-8-3-2-4-9-14;1-8-6-9-4-2-3-5-10(9)7-11-8;1-8-6-7-9-4-2-3-5-10(9)11-8;1-7-6-10-9-5-3-2-4-8(7)9;1-7-6-8-4-2-3-5-9(8)10-7;1-6-9-7-4-2-3-5-8(7)10-6;1-6-7-4-2-3-5-8(7)10-9-6;1-7-5-3-2-4-6-7;1-5-3-6(2)7-4-5;1-5-3-4-6(2)7-5;1-5-6-3-2-4-7-5;1-2-4-6-5-3-1;12*1-2;;;;;;;;;;;/h2-11H,1H3;2*2-7H,1H3;2*2-6H,1H3;2*2-5H,1H3;2-6H,1H3;2*3-4H,1-2H3;2-4H,1H3;1-5H;12*1-2H3;11*1H4. The molecule has 9 nitrogen and oxygen atoms in total. The highest BCUT2D eigenvalue weighted by Crippen LogP contribution is 2.27. The Labute approximate surface area is 926 Å². The molecule has 147 heavy (non-hydrogen) atoms. The molecule has 0 bridgehead atoms. The van der Waals surface area contributed by atoms with Crippen molar-refractivity contribution in [2.75, 3.05) is 0 Å². The van der Waals surface area contributed by atoms with E-state index in [9.17, 15) is 0 Å². The minimum Gasteiger partial charge on any atom is -0.464 e. The smallest absolute Gasteiger partial charge is 0.134 e. The lowest BCUT2D eigenvalue weighted by Gasteiger charge is -2.07. The van der Waals surface area contributed by atoms with Crippen LogP contribution in [0.4, 0.5) is 0 Å².